The number of nitrogens with zero attached hydrogens (tertiary/aromatic N) is 1. The van der Waals surface area contributed by atoms with Crippen molar-refractivity contribution in [3.8, 4) is 5.88 Å². The van der Waals surface area contributed by atoms with E-state index in [2.05, 4.69) is 17.2 Å². The molecule has 0 fully saturated rings. The molecule has 0 aliphatic heterocycles. The Bertz CT molecular complexity index is 342. The first-order chi connectivity index (χ1) is 8.67. The molecule has 1 aromatic rings. The summed E-state index contributed by atoms with van der Waals surface area (Å²) >= 11 is 0. The maximum Gasteiger partial charge on any atom is 0.218 e. The third-order valence-corrected chi connectivity index (χ3v) is 2.64. The molecule has 18 heavy (non-hydrogen) atoms. The third kappa shape index (κ3) is 5.02. The average Bonchev–Trinajstić information content (AvgIpc) is 2.35. The molecule has 0 spiro atoms. The third-order valence-electron chi connectivity index (χ3n) is 2.64. The number of aromatic nitrogens is 1. The predicted octanol–water partition coefficient (Wildman–Crippen LogP) is 2.38. The molecule has 4 heteroatoms. The van der Waals surface area contributed by atoms with Crippen molar-refractivity contribution in [2.45, 2.75) is 45.9 Å². The Labute approximate surface area is 110 Å². The monoisotopic (exact) mass is 252 g/mol. The zero-order chi connectivity index (χ0) is 13.4. The van der Waals surface area contributed by atoms with Gasteiger partial charge in [0.15, 0.2) is 0 Å². The largest absolute Gasteiger partial charge is 0.475 e. The van der Waals surface area contributed by atoms with Crippen molar-refractivity contribution in [2.75, 3.05) is 13.7 Å². The van der Waals surface area contributed by atoms with Gasteiger partial charge in [-0.25, -0.2) is 4.98 Å². The highest BCUT2D eigenvalue weighted by atomic mass is 16.5. The molecule has 1 heterocycles. The second-order valence-corrected chi connectivity index (χ2v) is 4.58. The van der Waals surface area contributed by atoms with E-state index in [1.54, 1.807) is 13.3 Å². The van der Waals surface area contributed by atoms with Gasteiger partial charge in [0.2, 0.25) is 5.88 Å². The standard InChI is InChI=1S/C14H24N2O2/c1-5-13(10-17-4)16-9-12-7-6-8-15-14(12)18-11(2)3/h6-8,11,13,16H,5,9-10H2,1-4H3. The van der Waals surface area contributed by atoms with Crippen LogP contribution in [0.15, 0.2) is 18.3 Å². The average molecular weight is 252 g/mol. The molecule has 1 rings (SSSR count). The Morgan fingerprint density at radius 2 is 2.17 bits per heavy atom. The SMILES string of the molecule is CCC(COC)NCc1cccnc1OC(C)C. The maximum absolute atomic E-state index is 5.69. The summed E-state index contributed by atoms with van der Waals surface area (Å²) in [4.78, 5) is 4.28. The summed E-state index contributed by atoms with van der Waals surface area (Å²) < 4.78 is 10.9. The summed E-state index contributed by atoms with van der Waals surface area (Å²) in [6.45, 7) is 7.62. The van der Waals surface area contributed by atoms with Crippen LogP contribution in [-0.4, -0.2) is 30.8 Å². The molecule has 1 atom stereocenters. The van der Waals surface area contributed by atoms with Crippen LogP contribution in [0.4, 0.5) is 0 Å². The van der Waals surface area contributed by atoms with Gasteiger partial charge >= 0.3 is 0 Å². The number of ether oxygens (including phenoxy) is 2. The Balaban J connectivity index is 2.60. The van der Waals surface area contributed by atoms with E-state index in [1.807, 2.05) is 26.0 Å². The number of methoxy groups -OCH3 is 1. The van der Waals surface area contributed by atoms with E-state index in [9.17, 15) is 0 Å². The van der Waals surface area contributed by atoms with E-state index in [1.165, 1.54) is 0 Å². The summed E-state index contributed by atoms with van der Waals surface area (Å²) in [6.07, 6.45) is 2.93. The van der Waals surface area contributed by atoms with Crippen molar-refractivity contribution in [3.05, 3.63) is 23.9 Å². The van der Waals surface area contributed by atoms with Crippen LogP contribution in [-0.2, 0) is 11.3 Å². The summed E-state index contributed by atoms with van der Waals surface area (Å²) in [5.41, 5.74) is 1.08. The van der Waals surface area contributed by atoms with Gasteiger partial charge < -0.3 is 14.8 Å². The zero-order valence-electron chi connectivity index (χ0n) is 11.8. The van der Waals surface area contributed by atoms with Crippen LogP contribution in [0.2, 0.25) is 0 Å². The normalized spacial score (nSPS) is 12.7. The van der Waals surface area contributed by atoms with Gasteiger partial charge in [0.05, 0.1) is 12.7 Å². The van der Waals surface area contributed by atoms with Gasteiger partial charge in [0.25, 0.3) is 0 Å². The number of nitrogens with one attached hydrogen (secondary N) is 1. The van der Waals surface area contributed by atoms with Gasteiger partial charge in [-0.3, -0.25) is 0 Å². The summed E-state index contributed by atoms with van der Waals surface area (Å²) in [5, 5.41) is 3.46. The summed E-state index contributed by atoms with van der Waals surface area (Å²) in [6, 6.07) is 4.33. The maximum atomic E-state index is 5.69. The highest BCUT2D eigenvalue weighted by Crippen LogP contribution is 2.15. The summed E-state index contributed by atoms with van der Waals surface area (Å²) in [7, 11) is 1.72. The number of pyridine rings is 1. The topological polar surface area (TPSA) is 43.4 Å². The van der Waals surface area contributed by atoms with Gasteiger partial charge in [-0.05, 0) is 26.3 Å². The van der Waals surface area contributed by atoms with Crippen molar-refractivity contribution in [2.24, 2.45) is 0 Å². The molecule has 0 bridgehead atoms. The van der Waals surface area contributed by atoms with Crippen molar-refractivity contribution in [1.82, 2.24) is 10.3 Å². The van der Waals surface area contributed by atoms with Crippen molar-refractivity contribution in [3.63, 3.8) is 0 Å². The van der Waals surface area contributed by atoms with Crippen LogP contribution in [0.3, 0.4) is 0 Å². The van der Waals surface area contributed by atoms with Crippen molar-refractivity contribution >= 4 is 0 Å². The highest BCUT2D eigenvalue weighted by molar-refractivity contribution is 5.25. The van der Waals surface area contributed by atoms with Gasteiger partial charge in [0, 0.05) is 31.5 Å². The van der Waals surface area contributed by atoms with Crippen LogP contribution in [0, 0.1) is 0 Å². The number of hydrogen-bond donors (Lipinski definition) is 1. The quantitative estimate of drug-likeness (QED) is 0.771. The van der Waals surface area contributed by atoms with E-state index in [4.69, 9.17) is 9.47 Å². The van der Waals surface area contributed by atoms with Crippen LogP contribution in [0.25, 0.3) is 0 Å². The molecule has 0 amide bonds. The molecule has 0 aromatic carbocycles. The second-order valence-electron chi connectivity index (χ2n) is 4.58. The minimum Gasteiger partial charge on any atom is -0.475 e. The lowest BCUT2D eigenvalue weighted by Gasteiger charge is -2.18. The molecule has 1 unspecified atom stereocenters. The lowest BCUT2D eigenvalue weighted by molar-refractivity contribution is 0.163. The fourth-order valence-electron chi connectivity index (χ4n) is 1.66. The molecular weight excluding hydrogens is 228 g/mol. The van der Waals surface area contributed by atoms with Crippen LogP contribution in [0.5, 0.6) is 5.88 Å². The molecule has 0 saturated heterocycles. The molecule has 1 aromatic heterocycles. The Kier molecular flexibility index (Phi) is 6.68. The van der Waals surface area contributed by atoms with E-state index in [0.29, 0.717) is 11.9 Å². The van der Waals surface area contributed by atoms with E-state index in [-0.39, 0.29) is 6.10 Å². The second kappa shape index (κ2) is 8.06. The fraction of sp³-hybridized carbons (Fsp3) is 0.643. The van der Waals surface area contributed by atoms with Gasteiger partial charge in [-0.2, -0.15) is 0 Å². The first-order valence-electron chi connectivity index (χ1n) is 6.50. The number of rotatable bonds is 8. The Morgan fingerprint density at radius 1 is 1.39 bits per heavy atom. The lowest BCUT2D eigenvalue weighted by atomic mass is 10.2. The molecule has 0 saturated carbocycles. The van der Waals surface area contributed by atoms with Crippen LogP contribution < -0.4 is 10.1 Å². The molecule has 0 aliphatic carbocycles. The predicted molar refractivity (Wildman–Crippen MR) is 72.8 cm³/mol. The molecule has 0 radical (unpaired) electrons. The van der Waals surface area contributed by atoms with Crippen molar-refractivity contribution in [1.29, 1.82) is 0 Å². The van der Waals surface area contributed by atoms with Gasteiger partial charge in [-0.1, -0.05) is 13.0 Å². The minimum atomic E-state index is 0.139. The van der Waals surface area contributed by atoms with Gasteiger partial charge in [0.1, 0.15) is 0 Å². The molecule has 1 N–H and O–H groups in total. The molecule has 0 aliphatic rings. The van der Waals surface area contributed by atoms with E-state index in [0.717, 1.165) is 25.1 Å². The van der Waals surface area contributed by atoms with Gasteiger partial charge in [-0.15, -0.1) is 0 Å². The summed E-state index contributed by atoms with van der Waals surface area (Å²) in [5.74, 6) is 0.715. The highest BCUT2D eigenvalue weighted by Gasteiger charge is 2.09. The molecular formula is C14H24N2O2. The lowest BCUT2D eigenvalue weighted by Crippen LogP contribution is -2.32. The Hall–Kier alpha value is -1.13. The first-order valence-corrected chi connectivity index (χ1v) is 6.50. The zero-order valence-corrected chi connectivity index (χ0v) is 11.8. The first kappa shape index (κ1) is 14.9. The molecule has 102 valence electrons. The van der Waals surface area contributed by atoms with E-state index < -0.39 is 0 Å². The smallest absolute Gasteiger partial charge is 0.218 e. The fourth-order valence-corrected chi connectivity index (χ4v) is 1.66. The van der Waals surface area contributed by atoms with E-state index >= 15 is 0 Å². The molecule has 4 nitrogen and oxygen atoms in total. The minimum absolute atomic E-state index is 0.139. The van der Waals surface area contributed by atoms with Crippen molar-refractivity contribution < 1.29 is 9.47 Å². The van der Waals surface area contributed by atoms with Crippen LogP contribution >= 0.6 is 0 Å². The van der Waals surface area contributed by atoms with Crippen LogP contribution in [0.1, 0.15) is 32.8 Å². The number of hydrogen-bond acceptors (Lipinski definition) is 4. The Morgan fingerprint density at radius 3 is 2.78 bits per heavy atom.